The molecule has 20 heavy (non-hydrogen) atoms. The summed E-state index contributed by atoms with van der Waals surface area (Å²) in [7, 11) is -1.51. The maximum atomic E-state index is 12.5. The van der Waals surface area contributed by atoms with Gasteiger partial charge in [0, 0.05) is 23.4 Å². The SMILES string of the molecule is CCC(C)NC1=C(S(C)=O)C(=O)c2ccccc2C1=O. The lowest BCUT2D eigenvalue weighted by Crippen LogP contribution is -2.36. The second-order valence-electron chi connectivity index (χ2n) is 4.82. The van der Waals surface area contributed by atoms with Crippen molar-refractivity contribution >= 4 is 22.4 Å². The second-order valence-corrected chi connectivity index (χ2v) is 6.13. The van der Waals surface area contributed by atoms with Crippen LogP contribution in [0, 0.1) is 0 Å². The van der Waals surface area contributed by atoms with Gasteiger partial charge in [0.15, 0.2) is 0 Å². The van der Waals surface area contributed by atoms with Crippen molar-refractivity contribution in [2.45, 2.75) is 26.3 Å². The summed E-state index contributed by atoms with van der Waals surface area (Å²) in [6, 6.07) is 6.68. The van der Waals surface area contributed by atoms with Gasteiger partial charge >= 0.3 is 0 Å². The van der Waals surface area contributed by atoms with Crippen molar-refractivity contribution < 1.29 is 13.8 Å². The molecule has 4 nitrogen and oxygen atoms in total. The van der Waals surface area contributed by atoms with Crippen molar-refractivity contribution in [3.8, 4) is 0 Å². The molecular weight excluding hydrogens is 274 g/mol. The summed E-state index contributed by atoms with van der Waals surface area (Å²) in [4.78, 5) is 25.0. The van der Waals surface area contributed by atoms with Crippen LogP contribution in [0.15, 0.2) is 34.9 Å². The van der Waals surface area contributed by atoms with E-state index in [1.165, 1.54) is 6.26 Å². The number of hydrogen-bond acceptors (Lipinski definition) is 4. The van der Waals surface area contributed by atoms with Gasteiger partial charge in [0.2, 0.25) is 11.6 Å². The number of rotatable bonds is 4. The van der Waals surface area contributed by atoms with E-state index < -0.39 is 10.8 Å². The van der Waals surface area contributed by atoms with Crippen LogP contribution in [-0.2, 0) is 10.8 Å². The van der Waals surface area contributed by atoms with Gasteiger partial charge in [-0.3, -0.25) is 13.8 Å². The number of allylic oxidation sites excluding steroid dienone is 2. The minimum absolute atomic E-state index is 0.0329. The maximum Gasteiger partial charge on any atom is 0.210 e. The zero-order valence-corrected chi connectivity index (χ0v) is 12.5. The third kappa shape index (κ3) is 2.45. The van der Waals surface area contributed by atoms with Crippen molar-refractivity contribution in [1.29, 1.82) is 0 Å². The van der Waals surface area contributed by atoms with Gasteiger partial charge in [-0.1, -0.05) is 31.2 Å². The van der Waals surface area contributed by atoms with E-state index in [0.717, 1.165) is 6.42 Å². The summed E-state index contributed by atoms with van der Waals surface area (Å²) >= 11 is 0. The van der Waals surface area contributed by atoms with Crippen LogP contribution >= 0.6 is 0 Å². The average Bonchev–Trinajstić information content (AvgIpc) is 2.44. The molecule has 2 rings (SSSR count). The minimum Gasteiger partial charge on any atom is -0.378 e. The van der Waals surface area contributed by atoms with Crippen LogP contribution in [0.1, 0.15) is 41.0 Å². The molecular formula is C15H17NO3S. The fourth-order valence-electron chi connectivity index (χ4n) is 2.11. The predicted molar refractivity (Wildman–Crippen MR) is 79.1 cm³/mol. The zero-order chi connectivity index (χ0) is 14.9. The molecule has 0 fully saturated rings. The number of benzene rings is 1. The van der Waals surface area contributed by atoms with Gasteiger partial charge in [-0.2, -0.15) is 0 Å². The van der Waals surface area contributed by atoms with E-state index in [0.29, 0.717) is 11.1 Å². The summed E-state index contributed by atoms with van der Waals surface area (Å²) in [6.07, 6.45) is 2.23. The van der Waals surface area contributed by atoms with Gasteiger partial charge in [-0.25, -0.2) is 0 Å². The Morgan fingerprint density at radius 1 is 1.15 bits per heavy atom. The molecule has 1 aromatic rings. The van der Waals surface area contributed by atoms with Crippen LogP contribution in [0.2, 0.25) is 0 Å². The molecule has 0 bridgehead atoms. The quantitative estimate of drug-likeness (QED) is 0.922. The number of carbonyl (C=O) groups excluding carboxylic acids is 2. The molecule has 1 N–H and O–H groups in total. The van der Waals surface area contributed by atoms with Crippen molar-refractivity contribution in [2.75, 3.05) is 6.26 Å². The normalized spacial score (nSPS) is 17.8. The number of ketones is 2. The first-order valence-electron chi connectivity index (χ1n) is 6.50. The average molecular weight is 291 g/mol. The van der Waals surface area contributed by atoms with Crippen LogP contribution in [-0.4, -0.2) is 28.1 Å². The largest absolute Gasteiger partial charge is 0.378 e. The first kappa shape index (κ1) is 14.7. The predicted octanol–water partition coefficient (Wildman–Crippen LogP) is 2.04. The summed E-state index contributed by atoms with van der Waals surface area (Å²) in [5.74, 6) is -0.586. The number of fused-ring (bicyclic) bond motifs is 1. The van der Waals surface area contributed by atoms with E-state index in [9.17, 15) is 13.8 Å². The highest BCUT2D eigenvalue weighted by atomic mass is 32.2. The number of Topliss-reactive ketones (excluding diaryl/α,β-unsaturated/α-hetero) is 2. The van der Waals surface area contributed by atoms with Crippen molar-refractivity contribution in [3.63, 3.8) is 0 Å². The van der Waals surface area contributed by atoms with E-state index in [-0.39, 0.29) is 28.2 Å². The Hall–Kier alpha value is -1.75. The van der Waals surface area contributed by atoms with E-state index >= 15 is 0 Å². The molecule has 5 heteroatoms. The summed E-state index contributed by atoms with van der Waals surface area (Å²) < 4.78 is 11.9. The molecule has 0 radical (unpaired) electrons. The van der Waals surface area contributed by atoms with Crippen molar-refractivity contribution in [1.82, 2.24) is 5.32 Å². The van der Waals surface area contributed by atoms with Gasteiger partial charge in [-0.05, 0) is 13.3 Å². The topological polar surface area (TPSA) is 63.2 Å². The summed E-state index contributed by atoms with van der Waals surface area (Å²) in [5, 5.41) is 3.04. The molecule has 0 saturated heterocycles. The number of carbonyl (C=O) groups is 2. The molecule has 0 aliphatic heterocycles. The van der Waals surface area contributed by atoms with E-state index in [2.05, 4.69) is 5.32 Å². The van der Waals surface area contributed by atoms with Crippen LogP contribution in [0.5, 0.6) is 0 Å². The monoisotopic (exact) mass is 291 g/mol. The summed E-state index contributed by atoms with van der Waals surface area (Å²) in [6.45, 7) is 3.89. The highest BCUT2D eigenvalue weighted by Gasteiger charge is 2.34. The molecule has 106 valence electrons. The lowest BCUT2D eigenvalue weighted by Gasteiger charge is -2.23. The van der Waals surface area contributed by atoms with Crippen molar-refractivity contribution in [3.05, 3.63) is 46.0 Å². The lowest BCUT2D eigenvalue weighted by atomic mass is 9.92. The van der Waals surface area contributed by atoms with E-state index in [1.54, 1.807) is 24.3 Å². The second kappa shape index (κ2) is 5.71. The standard InChI is InChI=1S/C15H17NO3S/c1-4-9(2)16-12-13(17)10-7-5-6-8-11(10)14(18)15(12)20(3)19/h5-9,16H,4H2,1-3H3. The lowest BCUT2D eigenvalue weighted by molar-refractivity contribution is 0.0973. The third-order valence-corrected chi connectivity index (χ3v) is 4.33. The molecule has 0 spiro atoms. The Morgan fingerprint density at radius 3 is 2.20 bits per heavy atom. The van der Waals surface area contributed by atoms with Crippen LogP contribution in [0.3, 0.4) is 0 Å². The maximum absolute atomic E-state index is 12.5. The Balaban J connectivity index is 2.60. The van der Waals surface area contributed by atoms with Gasteiger partial charge in [0.1, 0.15) is 10.6 Å². The fraction of sp³-hybridized carbons (Fsp3) is 0.333. The third-order valence-electron chi connectivity index (χ3n) is 3.37. The highest BCUT2D eigenvalue weighted by molar-refractivity contribution is 7.89. The molecule has 0 saturated carbocycles. The molecule has 1 aliphatic rings. The smallest absolute Gasteiger partial charge is 0.210 e. The molecule has 2 atom stereocenters. The molecule has 1 aliphatic carbocycles. The number of nitrogens with one attached hydrogen (secondary N) is 1. The van der Waals surface area contributed by atoms with Crippen LogP contribution in [0.25, 0.3) is 0 Å². The van der Waals surface area contributed by atoms with Crippen molar-refractivity contribution in [2.24, 2.45) is 0 Å². The first-order valence-corrected chi connectivity index (χ1v) is 8.05. The fourth-order valence-corrected chi connectivity index (χ4v) is 2.92. The molecule has 1 aromatic carbocycles. The molecule has 2 unspecified atom stereocenters. The highest BCUT2D eigenvalue weighted by Crippen LogP contribution is 2.26. The Morgan fingerprint density at radius 2 is 1.70 bits per heavy atom. The van der Waals surface area contributed by atoms with Crippen LogP contribution < -0.4 is 5.32 Å². The summed E-state index contributed by atoms with van der Waals surface area (Å²) in [5.41, 5.74) is 0.888. The zero-order valence-electron chi connectivity index (χ0n) is 11.7. The molecule has 0 heterocycles. The Labute approximate surface area is 120 Å². The van der Waals surface area contributed by atoms with E-state index in [4.69, 9.17) is 0 Å². The molecule has 0 aromatic heterocycles. The number of hydrogen-bond donors (Lipinski definition) is 1. The molecule has 0 amide bonds. The van der Waals surface area contributed by atoms with Gasteiger partial charge in [-0.15, -0.1) is 0 Å². The minimum atomic E-state index is -1.51. The first-order chi connectivity index (χ1) is 9.47. The van der Waals surface area contributed by atoms with Gasteiger partial charge < -0.3 is 5.32 Å². The van der Waals surface area contributed by atoms with E-state index in [1.807, 2.05) is 13.8 Å². The van der Waals surface area contributed by atoms with Gasteiger partial charge in [0.05, 0.1) is 10.8 Å². The van der Waals surface area contributed by atoms with Gasteiger partial charge in [0.25, 0.3) is 0 Å². The Bertz CT molecular complexity index is 634. The Kier molecular flexibility index (Phi) is 4.18. The van der Waals surface area contributed by atoms with Crippen LogP contribution in [0.4, 0.5) is 0 Å².